The Morgan fingerprint density at radius 1 is 1.17 bits per heavy atom. The molecule has 1 aliphatic heterocycles. The molecular formula is C21H28N4O5. The molecule has 1 aromatic rings. The molecule has 2 saturated carbocycles. The van der Waals surface area contributed by atoms with Crippen molar-refractivity contribution < 1.29 is 19.7 Å². The van der Waals surface area contributed by atoms with E-state index in [0.29, 0.717) is 32.6 Å². The maximum Gasteiger partial charge on any atom is 0.269 e. The van der Waals surface area contributed by atoms with Gasteiger partial charge in [-0.15, -0.1) is 0 Å². The van der Waals surface area contributed by atoms with Crippen molar-refractivity contribution in [1.29, 1.82) is 0 Å². The van der Waals surface area contributed by atoms with E-state index in [2.05, 4.69) is 4.90 Å². The first-order valence-electron chi connectivity index (χ1n) is 10.6. The van der Waals surface area contributed by atoms with E-state index in [1.54, 1.807) is 17.6 Å². The van der Waals surface area contributed by atoms with Gasteiger partial charge in [-0.3, -0.25) is 24.9 Å². The van der Waals surface area contributed by atoms with E-state index in [-0.39, 0.29) is 22.9 Å². The number of benzene rings is 1. The molecule has 1 heterocycles. The molecule has 0 unspecified atom stereocenters. The van der Waals surface area contributed by atoms with Gasteiger partial charge >= 0.3 is 0 Å². The Balaban J connectivity index is 1.42. The van der Waals surface area contributed by atoms with Crippen LogP contribution >= 0.6 is 0 Å². The van der Waals surface area contributed by atoms with Crippen molar-refractivity contribution in [3.8, 4) is 0 Å². The summed E-state index contributed by atoms with van der Waals surface area (Å²) in [4.78, 5) is 40.0. The normalized spacial score (nSPS) is 25.1. The summed E-state index contributed by atoms with van der Waals surface area (Å²) >= 11 is 0. The smallest absolute Gasteiger partial charge is 0.269 e. The SMILES string of the molecule is Cc1cc([N+](=O)[O-])ccc1N1CCN(C(=O)[C@H]2CC3(CC[C@@H]2C(=O)NO)CC3)CC1. The second-order valence-corrected chi connectivity index (χ2v) is 8.97. The highest BCUT2D eigenvalue weighted by Gasteiger charge is 2.52. The molecule has 162 valence electrons. The van der Waals surface area contributed by atoms with Crippen molar-refractivity contribution in [3.63, 3.8) is 0 Å². The molecule has 0 aromatic heterocycles. The Bertz CT molecular complexity index is 861. The number of non-ortho nitro benzene ring substituents is 1. The molecule has 1 spiro atoms. The Kier molecular flexibility index (Phi) is 5.40. The number of nitrogens with zero attached hydrogens (tertiary/aromatic N) is 3. The molecule has 3 fully saturated rings. The van der Waals surface area contributed by atoms with Gasteiger partial charge in [0.25, 0.3) is 5.69 Å². The maximum atomic E-state index is 13.3. The van der Waals surface area contributed by atoms with Crippen LogP contribution in [0.3, 0.4) is 0 Å². The number of anilines is 1. The van der Waals surface area contributed by atoms with Gasteiger partial charge in [0.2, 0.25) is 11.8 Å². The standard InChI is InChI=1S/C21H28N4O5/c1-14-12-15(25(29)30)2-3-18(14)23-8-10-24(11-9-23)20(27)17-13-21(6-7-21)5-4-16(17)19(26)22-28/h2-3,12,16-17,28H,4-11,13H2,1H3,(H,22,26)/t16-,17-/m0/s1. The fourth-order valence-electron chi connectivity index (χ4n) is 5.17. The van der Waals surface area contributed by atoms with Gasteiger partial charge in [-0.25, -0.2) is 5.48 Å². The number of nitro benzene ring substituents is 1. The quantitative estimate of drug-likeness (QED) is 0.442. The highest BCUT2D eigenvalue weighted by Crippen LogP contribution is 2.59. The zero-order chi connectivity index (χ0) is 21.5. The van der Waals surface area contributed by atoms with Crippen LogP contribution in [-0.2, 0) is 9.59 Å². The fourth-order valence-corrected chi connectivity index (χ4v) is 5.17. The molecule has 1 saturated heterocycles. The van der Waals surface area contributed by atoms with E-state index in [0.717, 1.165) is 36.9 Å². The van der Waals surface area contributed by atoms with Gasteiger partial charge in [0.1, 0.15) is 0 Å². The summed E-state index contributed by atoms with van der Waals surface area (Å²) in [6.07, 6.45) is 4.56. The van der Waals surface area contributed by atoms with Gasteiger partial charge in [-0.05, 0) is 56.1 Å². The molecule has 2 N–H and O–H groups in total. The lowest BCUT2D eigenvalue weighted by Crippen LogP contribution is -2.53. The minimum atomic E-state index is -0.469. The summed E-state index contributed by atoms with van der Waals surface area (Å²) in [5, 5.41) is 20.1. The monoisotopic (exact) mass is 416 g/mol. The molecule has 2 atom stereocenters. The number of nitro groups is 1. The molecule has 30 heavy (non-hydrogen) atoms. The number of carbonyl (C=O) groups is 2. The van der Waals surface area contributed by atoms with Crippen molar-refractivity contribution in [2.75, 3.05) is 31.1 Å². The summed E-state index contributed by atoms with van der Waals surface area (Å²) in [5.74, 6) is -1.29. The predicted octanol–water partition coefficient (Wildman–Crippen LogP) is 2.25. The van der Waals surface area contributed by atoms with E-state index in [1.807, 2.05) is 11.8 Å². The summed E-state index contributed by atoms with van der Waals surface area (Å²) in [6.45, 7) is 4.23. The van der Waals surface area contributed by atoms with Crippen LogP contribution in [0, 0.1) is 34.3 Å². The van der Waals surface area contributed by atoms with E-state index in [4.69, 9.17) is 5.21 Å². The van der Waals surface area contributed by atoms with Crippen molar-refractivity contribution in [3.05, 3.63) is 33.9 Å². The Morgan fingerprint density at radius 3 is 2.43 bits per heavy atom. The molecule has 4 rings (SSSR count). The van der Waals surface area contributed by atoms with Crippen LogP contribution in [0.1, 0.15) is 37.7 Å². The van der Waals surface area contributed by atoms with Crippen LogP contribution in [0.2, 0.25) is 0 Å². The highest BCUT2D eigenvalue weighted by atomic mass is 16.6. The fraction of sp³-hybridized carbons (Fsp3) is 0.619. The van der Waals surface area contributed by atoms with E-state index in [9.17, 15) is 19.7 Å². The number of hydrogen-bond donors (Lipinski definition) is 2. The first-order chi connectivity index (χ1) is 14.3. The number of aryl methyl sites for hydroxylation is 1. The van der Waals surface area contributed by atoms with Crippen LogP contribution in [-0.4, -0.2) is 53.0 Å². The third-order valence-electron chi connectivity index (χ3n) is 7.17. The second kappa shape index (κ2) is 7.86. The average Bonchev–Trinajstić information content (AvgIpc) is 3.51. The summed E-state index contributed by atoms with van der Waals surface area (Å²) < 4.78 is 0. The molecule has 2 aliphatic carbocycles. The van der Waals surface area contributed by atoms with Gasteiger partial charge in [0, 0.05) is 44.0 Å². The van der Waals surface area contributed by atoms with E-state index < -0.39 is 16.7 Å². The molecule has 0 bridgehead atoms. The van der Waals surface area contributed by atoms with Crippen LogP contribution in [0.25, 0.3) is 0 Å². The van der Waals surface area contributed by atoms with Crippen molar-refractivity contribution in [1.82, 2.24) is 10.4 Å². The summed E-state index contributed by atoms with van der Waals surface area (Å²) in [7, 11) is 0. The number of hydrogen-bond acceptors (Lipinski definition) is 6. The Labute approximate surface area is 175 Å². The third kappa shape index (κ3) is 3.86. The van der Waals surface area contributed by atoms with Crippen molar-refractivity contribution in [2.45, 2.75) is 39.0 Å². The summed E-state index contributed by atoms with van der Waals surface area (Å²) in [6, 6.07) is 4.85. The highest BCUT2D eigenvalue weighted by molar-refractivity contribution is 5.87. The first-order valence-corrected chi connectivity index (χ1v) is 10.6. The second-order valence-electron chi connectivity index (χ2n) is 8.97. The third-order valence-corrected chi connectivity index (χ3v) is 7.17. The molecule has 1 aromatic carbocycles. The molecule has 2 amide bonds. The molecule has 9 heteroatoms. The van der Waals surface area contributed by atoms with Gasteiger partial charge in [-0.2, -0.15) is 0 Å². The van der Waals surface area contributed by atoms with Crippen LogP contribution in [0.15, 0.2) is 18.2 Å². The van der Waals surface area contributed by atoms with Crippen LogP contribution in [0.5, 0.6) is 0 Å². The zero-order valence-electron chi connectivity index (χ0n) is 17.2. The van der Waals surface area contributed by atoms with Gasteiger partial charge < -0.3 is 9.80 Å². The minimum Gasteiger partial charge on any atom is -0.368 e. The molecule has 9 nitrogen and oxygen atoms in total. The maximum absolute atomic E-state index is 13.3. The lowest BCUT2D eigenvalue weighted by atomic mass is 9.71. The van der Waals surface area contributed by atoms with Crippen LogP contribution in [0.4, 0.5) is 11.4 Å². The first kappa shape index (κ1) is 20.6. The minimum absolute atomic E-state index is 0.00893. The lowest BCUT2D eigenvalue weighted by Gasteiger charge is -2.41. The molecular weight excluding hydrogens is 388 g/mol. The number of carbonyl (C=O) groups excluding carboxylic acids is 2. The Hall–Kier alpha value is -2.68. The predicted molar refractivity (Wildman–Crippen MR) is 109 cm³/mol. The number of nitrogens with one attached hydrogen (secondary N) is 1. The molecule has 0 radical (unpaired) electrons. The van der Waals surface area contributed by atoms with Crippen molar-refractivity contribution >= 4 is 23.2 Å². The number of rotatable bonds is 4. The average molecular weight is 416 g/mol. The van der Waals surface area contributed by atoms with Gasteiger partial charge in [0.05, 0.1) is 16.8 Å². The van der Waals surface area contributed by atoms with Crippen LogP contribution < -0.4 is 10.4 Å². The lowest BCUT2D eigenvalue weighted by molar-refractivity contribution is -0.384. The van der Waals surface area contributed by atoms with Gasteiger partial charge in [-0.1, -0.05) is 0 Å². The topological polar surface area (TPSA) is 116 Å². The van der Waals surface area contributed by atoms with Crippen molar-refractivity contribution in [2.24, 2.45) is 17.3 Å². The number of piperazine rings is 1. The number of hydroxylamine groups is 1. The Morgan fingerprint density at radius 2 is 1.87 bits per heavy atom. The summed E-state index contributed by atoms with van der Waals surface area (Å²) in [5.41, 5.74) is 3.84. The van der Waals surface area contributed by atoms with Gasteiger partial charge in [0.15, 0.2) is 0 Å². The zero-order valence-corrected chi connectivity index (χ0v) is 17.2. The van der Waals surface area contributed by atoms with E-state index >= 15 is 0 Å². The van der Waals surface area contributed by atoms with E-state index in [1.165, 1.54) is 6.07 Å². The number of amides is 2. The largest absolute Gasteiger partial charge is 0.368 e. The molecule has 3 aliphatic rings.